The lowest BCUT2D eigenvalue weighted by molar-refractivity contribution is 0.122. The molecule has 0 aliphatic carbocycles. The topological polar surface area (TPSA) is 33.7 Å². The van der Waals surface area contributed by atoms with Gasteiger partial charge in [0.25, 0.3) is 0 Å². The molecule has 5 heteroatoms. The molecule has 1 saturated heterocycles. The van der Waals surface area contributed by atoms with Crippen LogP contribution in [0.25, 0.3) is 0 Å². The van der Waals surface area contributed by atoms with E-state index in [-0.39, 0.29) is 0 Å². The van der Waals surface area contributed by atoms with Gasteiger partial charge in [-0.2, -0.15) is 0 Å². The molecule has 0 saturated carbocycles. The lowest BCUT2D eigenvalue weighted by Crippen LogP contribution is -2.65. The highest BCUT2D eigenvalue weighted by Crippen LogP contribution is 2.19. The van der Waals surface area contributed by atoms with Gasteiger partial charge in [0, 0.05) is 39.9 Å². The first-order valence-electron chi connectivity index (χ1n) is 5.75. The molecule has 15 heavy (non-hydrogen) atoms. The number of hydrogen-bond acceptors (Lipinski definition) is 4. The van der Waals surface area contributed by atoms with Gasteiger partial charge >= 0.3 is 8.72 Å². The van der Waals surface area contributed by atoms with Crippen LogP contribution >= 0.6 is 0 Å². The maximum Gasteiger partial charge on any atom is 0.424 e. The Morgan fingerprint density at radius 3 is 2.60 bits per heavy atom. The second-order valence-electron chi connectivity index (χ2n) is 4.15. The highest BCUT2D eigenvalue weighted by molar-refractivity contribution is 6.63. The van der Waals surface area contributed by atoms with Crippen LogP contribution in [0.5, 0.6) is 0 Å². The van der Waals surface area contributed by atoms with Crippen molar-refractivity contribution in [3.8, 4) is 0 Å². The molecule has 4 nitrogen and oxygen atoms in total. The van der Waals surface area contributed by atoms with E-state index in [1.165, 1.54) is 12.8 Å². The first-order chi connectivity index (χ1) is 7.18. The van der Waals surface area contributed by atoms with Crippen molar-refractivity contribution in [3.05, 3.63) is 0 Å². The number of hydrogen-bond donors (Lipinski definition) is 1. The SMILES string of the molecule is CCCC1CNCCN1[Si](C)(OC)OC. The van der Waals surface area contributed by atoms with Crippen molar-refractivity contribution >= 4 is 8.72 Å². The molecule has 0 radical (unpaired) electrons. The maximum absolute atomic E-state index is 5.62. The molecular formula is C10H24N2O2Si. The van der Waals surface area contributed by atoms with E-state index in [0.717, 1.165) is 19.6 Å². The van der Waals surface area contributed by atoms with E-state index < -0.39 is 8.72 Å². The molecule has 1 aliphatic rings. The molecule has 0 aromatic heterocycles. The average molecular weight is 232 g/mol. The number of rotatable bonds is 5. The van der Waals surface area contributed by atoms with Crippen LogP contribution in [0.1, 0.15) is 19.8 Å². The van der Waals surface area contributed by atoms with Crippen molar-refractivity contribution in [2.45, 2.75) is 32.4 Å². The Labute approximate surface area is 94.3 Å². The molecule has 1 fully saturated rings. The van der Waals surface area contributed by atoms with Gasteiger partial charge in [-0.25, -0.2) is 0 Å². The van der Waals surface area contributed by atoms with E-state index in [4.69, 9.17) is 8.85 Å². The van der Waals surface area contributed by atoms with Crippen molar-refractivity contribution in [3.63, 3.8) is 0 Å². The minimum Gasteiger partial charge on any atom is -0.386 e. The van der Waals surface area contributed by atoms with Crippen LogP contribution in [0.2, 0.25) is 6.55 Å². The lowest BCUT2D eigenvalue weighted by Gasteiger charge is -2.43. The molecular weight excluding hydrogens is 208 g/mol. The van der Waals surface area contributed by atoms with Crippen LogP contribution in [0.15, 0.2) is 0 Å². The van der Waals surface area contributed by atoms with Crippen molar-refractivity contribution in [2.24, 2.45) is 0 Å². The number of nitrogens with zero attached hydrogens (tertiary/aromatic N) is 1. The van der Waals surface area contributed by atoms with Crippen LogP contribution in [-0.4, -0.2) is 53.2 Å². The molecule has 90 valence electrons. The predicted molar refractivity (Wildman–Crippen MR) is 63.9 cm³/mol. The molecule has 0 aromatic rings. The summed E-state index contributed by atoms with van der Waals surface area (Å²) in [5.41, 5.74) is 0. The summed E-state index contributed by atoms with van der Waals surface area (Å²) in [5.74, 6) is 0. The Hall–Kier alpha value is 0.0569. The van der Waals surface area contributed by atoms with Gasteiger partial charge in [-0.1, -0.05) is 13.3 Å². The molecule has 0 bridgehead atoms. The Bertz CT molecular complexity index is 186. The summed E-state index contributed by atoms with van der Waals surface area (Å²) in [4.78, 5) is 0. The third-order valence-corrected chi connectivity index (χ3v) is 6.40. The third kappa shape index (κ3) is 3.01. The summed E-state index contributed by atoms with van der Waals surface area (Å²) in [6.45, 7) is 7.49. The van der Waals surface area contributed by atoms with Crippen molar-refractivity contribution in [1.29, 1.82) is 0 Å². The summed E-state index contributed by atoms with van der Waals surface area (Å²) >= 11 is 0. The van der Waals surface area contributed by atoms with Crippen molar-refractivity contribution in [2.75, 3.05) is 33.9 Å². The van der Waals surface area contributed by atoms with Gasteiger partial charge in [0.15, 0.2) is 0 Å². The molecule has 1 unspecified atom stereocenters. The zero-order valence-corrected chi connectivity index (χ0v) is 11.4. The smallest absolute Gasteiger partial charge is 0.386 e. The first kappa shape index (κ1) is 13.1. The second-order valence-corrected chi connectivity index (χ2v) is 7.33. The van der Waals surface area contributed by atoms with Gasteiger partial charge in [0.2, 0.25) is 0 Å². The van der Waals surface area contributed by atoms with Gasteiger partial charge < -0.3 is 14.2 Å². The fourth-order valence-corrected chi connectivity index (χ4v) is 4.24. The molecule has 0 spiro atoms. The maximum atomic E-state index is 5.62. The van der Waals surface area contributed by atoms with E-state index in [9.17, 15) is 0 Å². The van der Waals surface area contributed by atoms with Gasteiger partial charge in [-0.3, -0.25) is 4.57 Å². The predicted octanol–water partition coefficient (Wildman–Crippen LogP) is 0.922. The summed E-state index contributed by atoms with van der Waals surface area (Å²) in [5, 5.41) is 3.44. The average Bonchev–Trinajstić information content (AvgIpc) is 2.29. The monoisotopic (exact) mass is 232 g/mol. The third-order valence-electron chi connectivity index (χ3n) is 3.25. The Morgan fingerprint density at radius 1 is 1.40 bits per heavy atom. The lowest BCUT2D eigenvalue weighted by atomic mass is 10.1. The van der Waals surface area contributed by atoms with Crippen LogP contribution in [0, 0.1) is 0 Å². The van der Waals surface area contributed by atoms with Gasteiger partial charge in [0.1, 0.15) is 0 Å². The molecule has 1 heterocycles. The highest BCUT2D eigenvalue weighted by atomic mass is 28.4. The van der Waals surface area contributed by atoms with Gasteiger partial charge in [-0.05, 0) is 13.0 Å². The van der Waals surface area contributed by atoms with E-state index in [2.05, 4.69) is 23.4 Å². The van der Waals surface area contributed by atoms with Crippen molar-refractivity contribution < 1.29 is 8.85 Å². The quantitative estimate of drug-likeness (QED) is 0.715. The zero-order chi connectivity index (χ0) is 11.3. The minimum atomic E-state index is -2.10. The fraction of sp³-hybridized carbons (Fsp3) is 1.00. The largest absolute Gasteiger partial charge is 0.424 e. The molecule has 1 aliphatic heterocycles. The van der Waals surface area contributed by atoms with Crippen LogP contribution in [0.4, 0.5) is 0 Å². The van der Waals surface area contributed by atoms with E-state index in [1.807, 2.05) is 0 Å². The Morgan fingerprint density at radius 2 is 2.07 bits per heavy atom. The van der Waals surface area contributed by atoms with Crippen molar-refractivity contribution in [1.82, 2.24) is 9.88 Å². The fourth-order valence-electron chi connectivity index (χ4n) is 2.20. The molecule has 1 rings (SSSR count). The van der Waals surface area contributed by atoms with Gasteiger partial charge in [-0.15, -0.1) is 0 Å². The minimum absolute atomic E-state index is 0.570. The van der Waals surface area contributed by atoms with Crippen LogP contribution in [-0.2, 0) is 8.85 Å². The number of piperazine rings is 1. The molecule has 1 N–H and O–H groups in total. The standard InChI is InChI=1S/C10H24N2O2Si/c1-5-6-10-9-11-7-8-12(10)15(4,13-2)14-3/h10-11H,5-9H2,1-4H3. The Kier molecular flexibility index (Phi) is 5.21. The van der Waals surface area contributed by atoms with E-state index in [1.54, 1.807) is 14.2 Å². The molecule has 0 aromatic carbocycles. The summed E-state index contributed by atoms with van der Waals surface area (Å²) < 4.78 is 13.7. The molecule has 1 atom stereocenters. The van der Waals surface area contributed by atoms with Crippen LogP contribution in [0.3, 0.4) is 0 Å². The molecule has 0 amide bonds. The summed E-state index contributed by atoms with van der Waals surface area (Å²) in [6.07, 6.45) is 2.42. The van der Waals surface area contributed by atoms with E-state index in [0.29, 0.717) is 6.04 Å². The second kappa shape index (κ2) is 5.96. The van der Waals surface area contributed by atoms with Gasteiger partial charge in [0.05, 0.1) is 0 Å². The van der Waals surface area contributed by atoms with Crippen LogP contribution < -0.4 is 5.32 Å². The van der Waals surface area contributed by atoms with E-state index >= 15 is 0 Å². The Balaban J connectivity index is 2.69. The normalized spacial score (nSPS) is 24.4. The number of nitrogens with one attached hydrogen (secondary N) is 1. The zero-order valence-electron chi connectivity index (χ0n) is 10.4. The summed E-state index contributed by atoms with van der Waals surface area (Å²) in [7, 11) is 1.43. The highest BCUT2D eigenvalue weighted by Gasteiger charge is 2.42. The summed E-state index contributed by atoms with van der Waals surface area (Å²) in [6, 6.07) is 0.570. The first-order valence-corrected chi connectivity index (χ1v) is 8.02.